The van der Waals surface area contributed by atoms with Crippen LogP contribution in [-0.2, 0) is 0 Å². The van der Waals surface area contributed by atoms with Crippen molar-refractivity contribution in [1.29, 1.82) is 5.41 Å². The normalized spacial score (nSPS) is 10.7. The monoisotopic (exact) mass is 343 g/mol. The molecular weight excluding hydrogens is 334 g/mol. The second-order valence-electron chi connectivity index (χ2n) is 4.52. The minimum Gasteiger partial charge on any atom is -0.480 e. The van der Waals surface area contributed by atoms with Crippen LogP contribution >= 0.6 is 15.9 Å². The van der Waals surface area contributed by atoms with E-state index in [0.717, 1.165) is 21.8 Å². The molecule has 21 heavy (non-hydrogen) atoms. The lowest BCUT2D eigenvalue weighted by Gasteiger charge is -2.06. The van der Waals surface area contributed by atoms with E-state index in [1.807, 2.05) is 30.3 Å². The fourth-order valence-corrected chi connectivity index (χ4v) is 2.49. The van der Waals surface area contributed by atoms with Crippen LogP contribution in [-0.4, -0.2) is 11.3 Å². The molecule has 0 amide bonds. The first-order valence-corrected chi connectivity index (χ1v) is 6.95. The fraction of sp³-hybridized carbons (Fsp3) is 0. The van der Waals surface area contributed by atoms with Gasteiger partial charge in [-0.2, -0.15) is 0 Å². The molecule has 0 spiro atoms. The van der Waals surface area contributed by atoms with Gasteiger partial charge in [-0.3, -0.25) is 0 Å². The molecule has 0 radical (unpaired) electrons. The zero-order valence-electron chi connectivity index (χ0n) is 10.8. The van der Waals surface area contributed by atoms with Crippen molar-refractivity contribution in [2.45, 2.75) is 0 Å². The highest BCUT2D eigenvalue weighted by molar-refractivity contribution is 9.10. The Bertz CT molecular complexity index is 898. The number of halogens is 1. The van der Waals surface area contributed by atoms with Crippen LogP contribution in [0.15, 0.2) is 56.1 Å². The van der Waals surface area contributed by atoms with Gasteiger partial charge in [0.05, 0.1) is 10.9 Å². The van der Waals surface area contributed by atoms with E-state index in [1.54, 1.807) is 12.1 Å². The Balaban J connectivity index is 2.28. The van der Waals surface area contributed by atoms with Crippen molar-refractivity contribution in [3.63, 3.8) is 0 Å². The molecule has 3 rings (SSSR count). The first-order valence-electron chi connectivity index (χ1n) is 6.16. The van der Waals surface area contributed by atoms with Gasteiger partial charge < -0.3 is 14.9 Å². The average molecular weight is 344 g/mol. The van der Waals surface area contributed by atoms with E-state index < -0.39 is 11.6 Å². The van der Waals surface area contributed by atoms with Crippen molar-refractivity contribution in [3.8, 4) is 17.1 Å². The van der Waals surface area contributed by atoms with Gasteiger partial charge in [0.1, 0.15) is 0 Å². The van der Waals surface area contributed by atoms with E-state index in [1.165, 1.54) is 0 Å². The van der Waals surface area contributed by atoms with E-state index >= 15 is 0 Å². The maximum atomic E-state index is 11.9. The molecular formula is C16H10BrNO3. The summed E-state index contributed by atoms with van der Waals surface area (Å²) in [5.74, 6) is -0.529. The lowest BCUT2D eigenvalue weighted by molar-refractivity contribution is 0.312. The summed E-state index contributed by atoms with van der Waals surface area (Å²) >= 11 is 3.38. The van der Waals surface area contributed by atoms with Crippen LogP contribution in [0.25, 0.3) is 21.9 Å². The largest absolute Gasteiger partial charge is 0.480 e. The van der Waals surface area contributed by atoms with Gasteiger partial charge in [0.2, 0.25) is 0 Å². The standard InChI is InChI=1S/C16H10BrNO3/c17-11-4-1-9(2-5-11)10-3-6-12-13(7-10)15(19)21-16(20)14(12)8-18/h1-8,18,20H. The van der Waals surface area contributed by atoms with Crippen molar-refractivity contribution < 1.29 is 9.52 Å². The van der Waals surface area contributed by atoms with Crippen molar-refractivity contribution in [3.05, 3.63) is 62.9 Å². The minimum absolute atomic E-state index is 0.201. The molecule has 0 aliphatic heterocycles. The predicted octanol–water partition coefficient (Wildman–Crippen LogP) is 3.93. The van der Waals surface area contributed by atoms with E-state index in [4.69, 9.17) is 9.83 Å². The molecule has 4 nitrogen and oxygen atoms in total. The highest BCUT2D eigenvalue weighted by Crippen LogP contribution is 2.28. The lowest BCUT2D eigenvalue weighted by Crippen LogP contribution is -2.02. The molecule has 0 fully saturated rings. The van der Waals surface area contributed by atoms with Gasteiger partial charge in [-0.1, -0.05) is 40.2 Å². The van der Waals surface area contributed by atoms with Gasteiger partial charge in [-0.15, -0.1) is 0 Å². The molecule has 0 unspecified atom stereocenters. The van der Waals surface area contributed by atoms with Gasteiger partial charge in [-0.05, 0) is 29.3 Å². The quantitative estimate of drug-likeness (QED) is 0.692. The molecule has 0 bridgehead atoms. The Morgan fingerprint density at radius 2 is 1.71 bits per heavy atom. The summed E-state index contributed by atoms with van der Waals surface area (Å²) in [6, 6.07) is 13.0. The summed E-state index contributed by atoms with van der Waals surface area (Å²) in [7, 11) is 0. The summed E-state index contributed by atoms with van der Waals surface area (Å²) < 4.78 is 5.74. The predicted molar refractivity (Wildman–Crippen MR) is 85.2 cm³/mol. The molecule has 0 aliphatic rings. The van der Waals surface area contributed by atoms with Gasteiger partial charge in [0, 0.05) is 16.1 Å². The van der Waals surface area contributed by atoms with E-state index in [-0.39, 0.29) is 5.56 Å². The number of benzene rings is 2. The highest BCUT2D eigenvalue weighted by atomic mass is 79.9. The maximum Gasteiger partial charge on any atom is 0.346 e. The summed E-state index contributed by atoms with van der Waals surface area (Å²) in [6.45, 7) is 0. The number of nitrogens with one attached hydrogen (secondary N) is 1. The van der Waals surface area contributed by atoms with Crippen molar-refractivity contribution >= 4 is 32.9 Å². The Morgan fingerprint density at radius 3 is 2.38 bits per heavy atom. The molecule has 2 aromatic carbocycles. The van der Waals surface area contributed by atoms with E-state index in [9.17, 15) is 9.90 Å². The molecule has 1 heterocycles. The number of rotatable bonds is 2. The van der Waals surface area contributed by atoms with Crippen molar-refractivity contribution in [2.75, 3.05) is 0 Å². The van der Waals surface area contributed by atoms with Gasteiger partial charge in [0.15, 0.2) is 0 Å². The number of hydrogen-bond acceptors (Lipinski definition) is 4. The van der Waals surface area contributed by atoms with Crippen LogP contribution in [0.3, 0.4) is 0 Å². The van der Waals surface area contributed by atoms with Gasteiger partial charge >= 0.3 is 5.63 Å². The maximum absolute atomic E-state index is 11.9. The summed E-state index contributed by atoms with van der Waals surface area (Å²) in [4.78, 5) is 11.9. The molecule has 0 aliphatic carbocycles. The third kappa shape index (κ3) is 2.36. The SMILES string of the molecule is N=Cc1c(O)oc(=O)c2cc(-c3ccc(Br)cc3)ccc12. The second kappa shape index (κ2) is 5.18. The van der Waals surface area contributed by atoms with Crippen LogP contribution in [0, 0.1) is 5.41 Å². The molecule has 1 aromatic heterocycles. The molecule has 2 N–H and O–H groups in total. The minimum atomic E-state index is -0.618. The lowest BCUT2D eigenvalue weighted by atomic mass is 10.0. The highest BCUT2D eigenvalue weighted by Gasteiger charge is 2.12. The third-order valence-corrected chi connectivity index (χ3v) is 3.80. The molecule has 0 saturated carbocycles. The molecule has 104 valence electrons. The molecule has 5 heteroatoms. The van der Waals surface area contributed by atoms with Crippen LogP contribution in [0.1, 0.15) is 5.56 Å². The van der Waals surface area contributed by atoms with Gasteiger partial charge in [-0.25, -0.2) is 4.79 Å². The molecule has 3 aromatic rings. The Labute approximate surface area is 128 Å². The smallest absolute Gasteiger partial charge is 0.346 e. The van der Waals surface area contributed by atoms with Crippen LogP contribution in [0.5, 0.6) is 5.95 Å². The summed E-state index contributed by atoms with van der Waals surface area (Å²) in [6.07, 6.45) is 0.972. The first-order chi connectivity index (χ1) is 10.1. The average Bonchev–Trinajstić information content (AvgIpc) is 2.48. The fourth-order valence-electron chi connectivity index (χ4n) is 2.22. The van der Waals surface area contributed by atoms with E-state index in [0.29, 0.717) is 10.8 Å². The zero-order valence-corrected chi connectivity index (χ0v) is 12.3. The zero-order chi connectivity index (χ0) is 15.0. The molecule has 0 atom stereocenters. The number of hydrogen-bond donors (Lipinski definition) is 2. The van der Waals surface area contributed by atoms with Crippen LogP contribution in [0.4, 0.5) is 0 Å². The first kappa shape index (κ1) is 13.6. The Morgan fingerprint density at radius 1 is 1.05 bits per heavy atom. The van der Waals surface area contributed by atoms with Gasteiger partial charge in [0.25, 0.3) is 5.95 Å². The van der Waals surface area contributed by atoms with Crippen LogP contribution in [0.2, 0.25) is 0 Å². The molecule has 0 saturated heterocycles. The second-order valence-corrected chi connectivity index (χ2v) is 5.44. The Hall–Kier alpha value is -2.40. The van der Waals surface area contributed by atoms with Crippen molar-refractivity contribution in [2.24, 2.45) is 0 Å². The number of aromatic hydroxyl groups is 1. The van der Waals surface area contributed by atoms with E-state index in [2.05, 4.69) is 15.9 Å². The third-order valence-electron chi connectivity index (χ3n) is 3.27. The Kier molecular flexibility index (Phi) is 3.35. The summed E-state index contributed by atoms with van der Waals surface area (Å²) in [5.41, 5.74) is 1.41. The topological polar surface area (TPSA) is 74.3 Å². The summed E-state index contributed by atoms with van der Waals surface area (Å²) in [5, 5.41) is 17.7. The number of fused-ring (bicyclic) bond motifs is 1. The van der Waals surface area contributed by atoms with Crippen LogP contribution < -0.4 is 5.63 Å². The van der Waals surface area contributed by atoms with Crippen molar-refractivity contribution in [1.82, 2.24) is 0 Å².